The average Bonchev–Trinajstić information content (AvgIpc) is 2.72. The van der Waals surface area contributed by atoms with Crippen LogP contribution in [-0.4, -0.2) is 42.7 Å². The third-order valence-corrected chi connectivity index (χ3v) is 5.56. The lowest BCUT2D eigenvalue weighted by Crippen LogP contribution is -2.57. The predicted octanol–water partition coefficient (Wildman–Crippen LogP) is 2.73. The lowest BCUT2D eigenvalue weighted by Gasteiger charge is -2.41. The first-order valence-electron chi connectivity index (χ1n) is 8.33. The van der Waals surface area contributed by atoms with E-state index in [0.717, 1.165) is 16.7 Å². The van der Waals surface area contributed by atoms with E-state index in [0.29, 0.717) is 11.1 Å². The molecule has 11 heteroatoms. The molecule has 29 heavy (non-hydrogen) atoms. The van der Waals surface area contributed by atoms with Crippen molar-refractivity contribution in [3.63, 3.8) is 0 Å². The van der Waals surface area contributed by atoms with E-state index in [1.165, 1.54) is 36.7 Å². The minimum absolute atomic E-state index is 0.0789. The number of nitro groups is 1. The number of benzene rings is 1. The smallest absolute Gasteiger partial charge is 0.345 e. The van der Waals surface area contributed by atoms with Crippen LogP contribution < -0.4 is 0 Å². The van der Waals surface area contributed by atoms with Crippen LogP contribution >= 0.6 is 23.4 Å². The summed E-state index contributed by atoms with van der Waals surface area (Å²) < 4.78 is 5.09. The summed E-state index contributed by atoms with van der Waals surface area (Å²) in [4.78, 5) is 51.5. The molecule has 1 aromatic carbocycles. The van der Waals surface area contributed by atoms with E-state index in [1.807, 2.05) is 0 Å². The molecule has 0 radical (unpaired) electrons. The number of carbonyl (C=O) groups excluding carboxylic acids is 3. The van der Waals surface area contributed by atoms with Gasteiger partial charge >= 0.3 is 5.97 Å². The van der Waals surface area contributed by atoms with Gasteiger partial charge < -0.3 is 9.64 Å². The van der Waals surface area contributed by atoms with Gasteiger partial charge in [-0.15, -0.1) is 0 Å². The zero-order valence-electron chi connectivity index (χ0n) is 14.8. The van der Waals surface area contributed by atoms with Crippen molar-refractivity contribution in [2.24, 2.45) is 0 Å². The molecular formula is C18H14ClN3O6S. The number of hydrogen-bond donors (Lipinski definition) is 0. The lowest BCUT2D eigenvalue weighted by atomic mass is 10.2. The van der Waals surface area contributed by atoms with E-state index < -0.39 is 21.8 Å². The Hall–Kier alpha value is -2.98. The molecule has 0 saturated carbocycles. The minimum Gasteiger partial charge on any atom is -0.458 e. The van der Waals surface area contributed by atoms with Crippen LogP contribution in [0.3, 0.4) is 0 Å². The summed E-state index contributed by atoms with van der Waals surface area (Å²) in [5, 5.41) is 9.78. The maximum atomic E-state index is 12.3. The number of likely N-dealkylation sites (tertiary alicyclic amines) is 1. The average molecular weight is 436 g/mol. The van der Waals surface area contributed by atoms with Crippen molar-refractivity contribution in [3.05, 3.63) is 70.0 Å². The number of nitrogens with zero attached hydrogens (tertiary/aromatic N) is 3. The molecular weight excluding hydrogens is 422 g/mol. The summed E-state index contributed by atoms with van der Waals surface area (Å²) in [6.45, 7) is -0.158. The van der Waals surface area contributed by atoms with Gasteiger partial charge in [-0.3, -0.25) is 24.7 Å². The third kappa shape index (κ3) is 4.90. The van der Waals surface area contributed by atoms with E-state index >= 15 is 0 Å². The van der Waals surface area contributed by atoms with Crippen molar-refractivity contribution in [2.75, 3.05) is 0 Å². The standard InChI is InChI=1S/C18H14ClN3O6S/c19-16(17(24)28-10-11-3-5-13(6-4-11)22(26)27)21-14(23)8-15(21)29-18(25)12-2-1-7-20-9-12/h1-7,9,15-16H,8,10H2/t15-,16?/m1/s1. The molecule has 0 bridgehead atoms. The zero-order chi connectivity index (χ0) is 21.0. The molecule has 1 aliphatic rings. The van der Waals surface area contributed by atoms with Crippen LogP contribution in [0.4, 0.5) is 5.69 Å². The van der Waals surface area contributed by atoms with Gasteiger partial charge in [-0.25, -0.2) is 4.79 Å². The number of carbonyl (C=O) groups is 3. The number of hydrogen-bond acceptors (Lipinski definition) is 8. The maximum Gasteiger partial charge on any atom is 0.345 e. The summed E-state index contributed by atoms with van der Waals surface area (Å²) in [5.41, 5.74) is -0.558. The van der Waals surface area contributed by atoms with Gasteiger partial charge in [-0.1, -0.05) is 23.4 Å². The van der Waals surface area contributed by atoms with Crippen molar-refractivity contribution in [1.82, 2.24) is 9.88 Å². The van der Waals surface area contributed by atoms with Crippen LogP contribution in [0.25, 0.3) is 0 Å². The normalized spacial score (nSPS) is 16.7. The van der Waals surface area contributed by atoms with E-state index in [9.17, 15) is 24.5 Å². The van der Waals surface area contributed by atoms with Crippen LogP contribution in [-0.2, 0) is 20.9 Å². The second-order valence-corrected chi connectivity index (χ2v) is 7.54. The quantitative estimate of drug-likeness (QED) is 0.162. The molecule has 0 aliphatic carbocycles. The van der Waals surface area contributed by atoms with Crippen molar-refractivity contribution in [3.8, 4) is 0 Å². The van der Waals surface area contributed by atoms with E-state index in [-0.39, 0.29) is 29.7 Å². The summed E-state index contributed by atoms with van der Waals surface area (Å²) in [6.07, 6.45) is 3.03. The number of amides is 1. The Balaban J connectivity index is 1.55. The zero-order valence-corrected chi connectivity index (χ0v) is 16.3. The first-order chi connectivity index (χ1) is 13.9. The fourth-order valence-electron chi connectivity index (χ4n) is 2.50. The van der Waals surface area contributed by atoms with Crippen LogP contribution in [0.2, 0.25) is 0 Å². The van der Waals surface area contributed by atoms with Gasteiger partial charge in [0.15, 0.2) is 0 Å². The molecule has 1 aliphatic heterocycles. The van der Waals surface area contributed by atoms with Crippen molar-refractivity contribution >= 4 is 46.0 Å². The van der Waals surface area contributed by atoms with Crippen LogP contribution in [0.15, 0.2) is 48.8 Å². The van der Waals surface area contributed by atoms with Gasteiger partial charge in [-0.05, 0) is 29.8 Å². The predicted molar refractivity (Wildman–Crippen MR) is 104 cm³/mol. The molecule has 1 amide bonds. The number of pyridine rings is 1. The fourth-order valence-corrected chi connectivity index (χ4v) is 3.96. The molecule has 1 unspecified atom stereocenters. The lowest BCUT2D eigenvalue weighted by molar-refractivity contribution is -0.384. The Morgan fingerprint density at radius 1 is 1.34 bits per heavy atom. The largest absolute Gasteiger partial charge is 0.458 e. The van der Waals surface area contributed by atoms with E-state index in [2.05, 4.69) is 4.98 Å². The second-order valence-electron chi connectivity index (χ2n) is 5.97. The monoisotopic (exact) mass is 435 g/mol. The Morgan fingerprint density at radius 3 is 2.66 bits per heavy atom. The number of aromatic nitrogens is 1. The SMILES string of the molecule is O=C(S[C@@H]1CC(=O)N1C(Cl)C(=O)OCc1ccc([N+](=O)[O-])cc1)c1cccnc1. The van der Waals surface area contributed by atoms with Crippen molar-refractivity contribution in [1.29, 1.82) is 0 Å². The molecule has 3 rings (SSSR count). The molecule has 1 saturated heterocycles. The Morgan fingerprint density at radius 2 is 2.07 bits per heavy atom. The number of non-ortho nitro benzene ring substituents is 1. The highest BCUT2D eigenvalue weighted by atomic mass is 35.5. The number of alkyl halides is 1. The molecule has 2 aromatic rings. The molecule has 150 valence electrons. The van der Waals surface area contributed by atoms with Crippen molar-refractivity contribution in [2.45, 2.75) is 23.9 Å². The Kier molecular flexibility index (Phi) is 6.45. The number of halogens is 1. The summed E-state index contributed by atoms with van der Waals surface area (Å²) in [7, 11) is 0. The van der Waals surface area contributed by atoms with Gasteiger partial charge in [0.05, 0.1) is 16.7 Å². The number of β-lactam (4-membered cyclic amide) rings is 1. The Bertz CT molecular complexity index is 940. The van der Waals surface area contributed by atoms with Crippen LogP contribution in [0.5, 0.6) is 0 Å². The number of rotatable bonds is 7. The maximum absolute atomic E-state index is 12.3. The third-order valence-electron chi connectivity index (χ3n) is 4.05. The second kappa shape index (κ2) is 9.01. The molecule has 2 heterocycles. The van der Waals surface area contributed by atoms with Crippen LogP contribution in [0.1, 0.15) is 22.3 Å². The van der Waals surface area contributed by atoms with Gasteiger partial charge in [0.25, 0.3) is 5.69 Å². The van der Waals surface area contributed by atoms with Crippen LogP contribution in [0, 0.1) is 10.1 Å². The highest BCUT2D eigenvalue weighted by molar-refractivity contribution is 8.14. The molecule has 0 N–H and O–H groups in total. The molecule has 2 atom stereocenters. The first kappa shape index (κ1) is 20.7. The van der Waals surface area contributed by atoms with E-state index in [4.69, 9.17) is 16.3 Å². The molecule has 1 aromatic heterocycles. The highest BCUT2D eigenvalue weighted by Crippen LogP contribution is 2.35. The van der Waals surface area contributed by atoms with Gasteiger partial charge in [0.1, 0.15) is 6.61 Å². The van der Waals surface area contributed by atoms with Crippen molar-refractivity contribution < 1.29 is 24.0 Å². The topological polar surface area (TPSA) is 120 Å². The number of thioether (sulfide) groups is 1. The molecule has 1 fully saturated rings. The molecule has 0 spiro atoms. The minimum atomic E-state index is -1.38. The van der Waals surface area contributed by atoms with E-state index in [1.54, 1.807) is 12.1 Å². The fraction of sp³-hybridized carbons (Fsp3) is 0.222. The number of nitro benzene ring substituents is 1. The summed E-state index contributed by atoms with van der Waals surface area (Å²) in [6, 6.07) is 8.71. The first-order valence-corrected chi connectivity index (χ1v) is 9.64. The highest BCUT2D eigenvalue weighted by Gasteiger charge is 2.45. The van der Waals surface area contributed by atoms with Gasteiger partial charge in [-0.2, -0.15) is 0 Å². The number of ether oxygens (including phenoxy) is 1. The summed E-state index contributed by atoms with van der Waals surface area (Å²) in [5.74, 6) is -1.22. The Labute approximate surface area is 174 Å². The number of esters is 1. The van der Waals surface area contributed by atoms with Gasteiger partial charge in [0.2, 0.25) is 16.5 Å². The molecule has 9 nitrogen and oxygen atoms in total. The summed E-state index contributed by atoms with van der Waals surface area (Å²) >= 11 is 6.98. The van der Waals surface area contributed by atoms with Gasteiger partial charge in [0, 0.05) is 30.1 Å².